The van der Waals surface area contributed by atoms with Crippen molar-refractivity contribution in [1.82, 2.24) is 5.32 Å². The van der Waals surface area contributed by atoms with Gasteiger partial charge in [-0.25, -0.2) is 4.79 Å². The van der Waals surface area contributed by atoms with Crippen LogP contribution in [0.2, 0.25) is 0 Å². The van der Waals surface area contributed by atoms with Crippen molar-refractivity contribution in [3.63, 3.8) is 0 Å². The fourth-order valence-electron chi connectivity index (χ4n) is 1.44. The largest absolute Gasteiger partial charge is 0.493 e. The molecule has 18 heavy (non-hydrogen) atoms. The van der Waals surface area contributed by atoms with E-state index >= 15 is 0 Å². The maximum absolute atomic E-state index is 11.5. The van der Waals surface area contributed by atoms with Gasteiger partial charge in [0, 0.05) is 18.3 Å². The molecule has 1 rings (SSSR count). The lowest BCUT2D eigenvalue weighted by Gasteiger charge is -2.12. The molecule has 0 aromatic heterocycles. The van der Waals surface area contributed by atoms with Gasteiger partial charge in [-0.1, -0.05) is 6.92 Å². The zero-order chi connectivity index (χ0) is 13.4. The second kappa shape index (κ2) is 7.42. The molecule has 0 unspecified atom stereocenters. The lowest BCUT2D eigenvalue weighted by Crippen LogP contribution is -2.29. The van der Waals surface area contributed by atoms with Crippen LogP contribution in [0.3, 0.4) is 0 Å². The summed E-state index contributed by atoms with van der Waals surface area (Å²) in [5.41, 5.74) is 0.674. The van der Waals surface area contributed by atoms with E-state index in [1.165, 1.54) is 0 Å². The van der Waals surface area contributed by atoms with Crippen LogP contribution in [0.15, 0.2) is 18.2 Å². The number of anilines is 1. The molecule has 5 nitrogen and oxygen atoms in total. The molecule has 2 N–H and O–H groups in total. The molecule has 0 aliphatic carbocycles. The van der Waals surface area contributed by atoms with Crippen LogP contribution in [0.1, 0.15) is 20.3 Å². The number of methoxy groups -OCH3 is 1. The Kier molecular flexibility index (Phi) is 5.84. The Morgan fingerprint density at radius 1 is 1.28 bits per heavy atom. The molecule has 100 valence electrons. The molecule has 0 atom stereocenters. The third kappa shape index (κ3) is 4.16. The minimum absolute atomic E-state index is 0.218. The summed E-state index contributed by atoms with van der Waals surface area (Å²) in [5, 5.41) is 5.48. The van der Waals surface area contributed by atoms with Crippen molar-refractivity contribution < 1.29 is 14.3 Å². The van der Waals surface area contributed by atoms with E-state index in [1.807, 2.05) is 13.8 Å². The summed E-state index contributed by atoms with van der Waals surface area (Å²) in [4.78, 5) is 11.5. The van der Waals surface area contributed by atoms with Crippen molar-refractivity contribution in [2.24, 2.45) is 0 Å². The van der Waals surface area contributed by atoms with Crippen LogP contribution in [0.4, 0.5) is 10.5 Å². The fraction of sp³-hybridized carbons (Fsp3) is 0.462. The minimum atomic E-state index is -0.218. The standard InChI is InChI=1S/C13H20N2O3/c1-4-8-14-13(16)15-10-6-7-11(17-3)12(9-10)18-5-2/h6-7,9H,4-5,8H2,1-3H3,(H2,14,15,16). The topological polar surface area (TPSA) is 59.6 Å². The van der Waals surface area contributed by atoms with Gasteiger partial charge >= 0.3 is 6.03 Å². The minimum Gasteiger partial charge on any atom is -0.493 e. The Bertz CT molecular complexity index is 394. The molecular weight excluding hydrogens is 232 g/mol. The molecule has 0 spiro atoms. The number of hydrogen-bond acceptors (Lipinski definition) is 3. The van der Waals surface area contributed by atoms with Gasteiger partial charge in [0.1, 0.15) is 0 Å². The van der Waals surface area contributed by atoms with Crippen LogP contribution in [0.5, 0.6) is 11.5 Å². The Morgan fingerprint density at radius 2 is 2.06 bits per heavy atom. The summed E-state index contributed by atoms with van der Waals surface area (Å²) >= 11 is 0. The Morgan fingerprint density at radius 3 is 2.67 bits per heavy atom. The van der Waals surface area contributed by atoms with Gasteiger partial charge in [-0.05, 0) is 25.5 Å². The highest BCUT2D eigenvalue weighted by Crippen LogP contribution is 2.30. The first kappa shape index (κ1) is 14.2. The average Bonchev–Trinajstić information content (AvgIpc) is 2.37. The molecule has 0 aliphatic rings. The van der Waals surface area contributed by atoms with Crippen molar-refractivity contribution >= 4 is 11.7 Å². The highest BCUT2D eigenvalue weighted by molar-refractivity contribution is 5.89. The van der Waals surface area contributed by atoms with E-state index in [2.05, 4.69) is 10.6 Å². The zero-order valence-corrected chi connectivity index (χ0v) is 11.1. The highest BCUT2D eigenvalue weighted by Gasteiger charge is 2.07. The lowest BCUT2D eigenvalue weighted by molar-refractivity contribution is 0.252. The second-order valence-corrected chi connectivity index (χ2v) is 3.68. The van der Waals surface area contributed by atoms with E-state index in [1.54, 1.807) is 25.3 Å². The van der Waals surface area contributed by atoms with Gasteiger partial charge in [-0.15, -0.1) is 0 Å². The number of urea groups is 1. The Labute approximate surface area is 107 Å². The predicted octanol–water partition coefficient (Wildman–Crippen LogP) is 2.63. The molecule has 0 saturated carbocycles. The van der Waals surface area contributed by atoms with Gasteiger partial charge in [0.05, 0.1) is 13.7 Å². The average molecular weight is 252 g/mol. The molecule has 2 amide bonds. The molecule has 0 aliphatic heterocycles. The third-order valence-corrected chi connectivity index (χ3v) is 2.26. The fourth-order valence-corrected chi connectivity index (χ4v) is 1.44. The van der Waals surface area contributed by atoms with Crippen LogP contribution in [-0.2, 0) is 0 Å². The van der Waals surface area contributed by atoms with Gasteiger partial charge in [0.2, 0.25) is 0 Å². The van der Waals surface area contributed by atoms with Crippen LogP contribution >= 0.6 is 0 Å². The van der Waals surface area contributed by atoms with Gasteiger partial charge in [-0.2, -0.15) is 0 Å². The Balaban J connectivity index is 2.71. The first-order valence-electron chi connectivity index (χ1n) is 6.07. The molecule has 1 aromatic rings. The zero-order valence-electron chi connectivity index (χ0n) is 11.1. The number of amides is 2. The van der Waals surface area contributed by atoms with E-state index in [-0.39, 0.29) is 6.03 Å². The highest BCUT2D eigenvalue weighted by atomic mass is 16.5. The van der Waals surface area contributed by atoms with E-state index in [4.69, 9.17) is 9.47 Å². The van der Waals surface area contributed by atoms with Crippen LogP contribution < -0.4 is 20.1 Å². The summed E-state index contributed by atoms with van der Waals surface area (Å²) in [6.07, 6.45) is 0.903. The third-order valence-electron chi connectivity index (χ3n) is 2.26. The number of carbonyl (C=O) groups is 1. The molecular formula is C13H20N2O3. The molecule has 1 aromatic carbocycles. The molecule has 0 fully saturated rings. The number of hydrogen-bond donors (Lipinski definition) is 2. The molecule has 0 radical (unpaired) electrons. The normalized spacial score (nSPS) is 9.72. The first-order chi connectivity index (χ1) is 8.71. The monoisotopic (exact) mass is 252 g/mol. The van der Waals surface area contributed by atoms with Crippen molar-refractivity contribution in [1.29, 1.82) is 0 Å². The van der Waals surface area contributed by atoms with Crippen LogP contribution in [-0.4, -0.2) is 26.3 Å². The number of benzene rings is 1. The van der Waals surface area contributed by atoms with Crippen molar-refractivity contribution in [2.75, 3.05) is 25.6 Å². The van der Waals surface area contributed by atoms with E-state index < -0.39 is 0 Å². The lowest BCUT2D eigenvalue weighted by atomic mass is 10.2. The summed E-state index contributed by atoms with van der Waals surface area (Å²) in [7, 11) is 1.58. The van der Waals surface area contributed by atoms with Gasteiger partial charge in [0.25, 0.3) is 0 Å². The van der Waals surface area contributed by atoms with Gasteiger partial charge in [0.15, 0.2) is 11.5 Å². The van der Waals surface area contributed by atoms with Crippen LogP contribution in [0.25, 0.3) is 0 Å². The number of rotatable bonds is 6. The summed E-state index contributed by atoms with van der Waals surface area (Å²) in [5.74, 6) is 1.27. The van der Waals surface area contributed by atoms with E-state index in [0.29, 0.717) is 30.3 Å². The van der Waals surface area contributed by atoms with Crippen molar-refractivity contribution in [3.8, 4) is 11.5 Å². The number of carbonyl (C=O) groups excluding carboxylic acids is 1. The summed E-state index contributed by atoms with van der Waals surface area (Å²) in [6, 6.07) is 5.06. The molecule has 0 saturated heterocycles. The predicted molar refractivity (Wildman–Crippen MR) is 71.5 cm³/mol. The second-order valence-electron chi connectivity index (χ2n) is 3.68. The van der Waals surface area contributed by atoms with E-state index in [0.717, 1.165) is 6.42 Å². The van der Waals surface area contributed by atoms with Gasteiger partial charge in [-0.3, -0.25) is 0 Å². The molecule has 5 heteroatoms. The molecule has 0 heterocycles. The maximum atomic E-state index is 11.5. The Hall–Kier alpha value is -1.91. The number of ether oxygens (including phenoxy) is 2. The van der Waals surface area contributed by atoms with E-state index in [9.17, 15) is 4.79 Å². The SMILES string of the molecule is CCCNC(=O)Nc1ccc(OC)c(OCC)c1. The van der Waals surface area contributed by atoms with Crippen molar-refractivity contribution in [3.05, 3.63) is 18.2 Å². The van der Waals surface area contributed by atoms with Gasteiger partial charge < -0.3 is 20.1 Å². The van der Waals surface area contributed by atoms with Crippen LogP contribution in [0, 0.1) is 0 Å². The van der Waals surface area contributed by atoms with Crippen molar-refractivity contribution in [2.45, 2.75) is 20.3 Å². The molecule has 0 bridgehead atoms. The maximum Gasteiger partial charge on any atom is 0.319 e. The quantitative estimate of drug-likeness (QED) is 0.818. The summed E-state index contributed by atoms with van der Waals surface area (Å²) in [6.45, 7) is 5.09. The summed E-state index contributed by atoms with van der Waals surface area (Å²) < 4.78 is 10.6. The smallest absolute Gasteiger partial charge is 0.319 e. The number of nitrogens with one attached hydrogen (secondary N) is 2. The first-order valence-corrected chi connectivity index (χ1v) is 6.07.